The Morgan fingerprint density at radius 1 is 1.10 bits per heavy atom. The van der Waals surface area contributed by atoms with Crippen LogP contribution in [0.1, 0.15) is 78.6 Å². The summed E-state index contributed by atoms with van der Waals surface area (Å²) < 4.78 is 15.9. The fraction of sp³-hybridized carbons (Fsp3) is 0.812. The second-order valence-electron chi connectivity index (χ2n) is 5.96. The third-order valence-electron chi connectivity index (χ3n) is 4.07. The van der Waals surface area contributed by atoms with Crippen LogP contribution in [0.2, 0.25) is 0 Å². The van der Waals surface area contributed by atoms with Crippen molar-refractivity contribution in [3.05, 3.63) is 16.6 Å². The summed E-state index contributed by atoms with van der Waals surface area (Å²) in [5.74, 6) is -0.265. The first-order valence-corrected chi connectivity index (χ1v) is 8.74. The van der Waals surface area contributed by atoms with Gasteiger partial charge in [-0.05, 0) is 35.7 Å². The number of rotatable bonds is 10. The van der Waals surface area contributed by atoms with Gasteiger partial charge < -0.3 is 0 Å². The Bertz CT molecular complexity index is 392. The van der Waals surface area contributed by atoms with Crippen LogP contribution in [0, 0.1) is 5.82 Å². The van der Waals surface area contributed by atoms with Crippen LogP contribution in [0.15, 0.2) is 10.8 Å². The highest BCUT2D eigenvalue weighted by molar-refractivity contribution is 9.10. The molecule has 0 N–H and O–H groups in total. The van der Waals surface area contributed by atoms with E-state index in [1.807, 2.05) is 4.68 Å². The predicted molar refractivity (Wildman–Crippen MR) is 86.4 cm³/mol. The molecule has 0 amide bonds. The van der Waals surface area contributed by atoms with Gasteiger partial charge in [0.25, 0.3) is 0 Å². The van der Waals surface area contributed by atoms with E-state index in [0.29, 0.717) is 4.60 Å². The zero-order valence-corrected chi connectivity index (χ0v) is 14.7. The molecule has 1 heterocycles. The number of hydrogen-bond donors (Lipinski definition) is 0. The second kappa shape index (κ2) is 8.81. The maximum Gasteiger partial charge on any atom is 0.175 e. The molecule has 2 nitrogen and oxygen atoms in total. The van der Waals surface area contributed by atoms with Crippen molar-refractivity contribution in [3.63, 3.8) is 0 Å². The minimum Gasteiger partial charge on any atom is -0.250 e. The Hall–Kier alpha value is -0.380. The molecule has 1 atom stereocenters. The lowest BCUT2D eigenvalue weighted by Crippen LogP contribution is -2.31. The normalized spacial score (nSPS) is 14.4. The smallest absolute Gasteiger partial charge is 0.175 e. The summed E-state index contributed by atoms with van der Waals surface area (Å²) in [5, 5.41) is 4.25. The van der Waals surface area contributed by atoms with Gasteiger partial charge in [-0.25, -0.2) is 9.07 Å². The highest BCUT2D eigenvalue weighted by Gasteiger charge is 2.29. The first-order chi connectivity index (χ1) is 9.55. The molecule has 0 spiro atoms. The molecule has 0 saturated carbocycles. The zero-order valence-electron chi connectivity index (χ0n) is 13.1. The van der Waals surface area contributed by atoms with Crippen molar-refractivity contribution in [2.45, 2.75) is 84.1 Å². The molecule has 1 unspecified atom stereocenters. The molecule has 0 aliphatic rings. The molecule has 0 saturated heterocycles. The van der Waals surface area contributed by atoms with Gasteiger partial charge in [-0.2, -0.15) is 5.10 Å². The van der Waals surface area contributed by atoms with Gasteiger partial charge in [-0.15, -0.1) is 0 Å². The molecule has 0 aliphatic heterocycles. The highest BCUT2D eigenvalue weighted by atomic mass is 79.9. The average Bonchev–Trinajstić information content (AvgIpc) is 2.77. The Morgan fingerprint density at radius 2 is 1.70 bits per heavy atom. The first kappa shape index (κ1) is 17.7. The van der Waals surface area contributed by atoms with Gasteiger partial charge in [0.15, 0.2) is 5.82 Å². The maximum absolute atomic E-state index is 13.6. The Morgan fingerprint density at radius 3 is 2.25 bits per heavy atom. The number of unbranched alkanes of at least 4 members (excludes halogenated alkanes) is 5. The van der Waals surface area contributed by atoms with Crippen molar-refractivity contribution in [2.75, 3.05) is 0 Å². The standard InChI is InChI=1S/C16H28BrFN2/c1-4-6-8-9-10-12-16(3,11-7-5-2)20-15(17)14(18)13-19-20/h13H,4-12H2,1-3H3. The van der Waals surface area contributed by atoms with Crippen molar-refractivity contribution in [1.29, 1.82) is 0 Å². The quantitative estimate of drug-likeness (QED) is 0.471. The van der Waals surface area contributed by atoms with E-state index in [4.69, 9.17) is 0 Å². The van der Waals surface area contributed by atoms with E-state index in [1.165, 1.54) is 38.3 Å². The van der Waals surface area contributed by atoms with Gasteiger partial charge in [0, 0.05) is 0 Å². The highest BCUT2D eigenvalue weighted by Crippen LogP contribution is 2.33. The Labute approximate surface area is 131 Å². The summed E-state index contributed by atoms with van der Waals surface area (Å²) in [4.78, 5) is 0. The van der Waals surface area contributed by atoms with Gasteiger partial charge >= 0.3 is 0 Å². The zero-order chi connectivity index (χ0) is 15.0. The molecular formula is C16H28BrFN2. The summed E-state index contributed by atoms with van der Waals surface area (Å²) in [6, 6.07) is 0. The van der Waals surface area contributed by atoms with E-state index >= 15 is 0 Å². The van der Waals surface area contributed by atoms with Crippen LogP contribution in [0.25, 0.3) is 0 Å². The third-order valence-corrected chi connectivity index (χ3v) is 4.78. The van der Waals surface area contributed by atoms with Crippen molar-refractivity contribution in [1.82, 2.24) is 9.78 Å². The summed E-state index contributed by atoms with van der Waals surface area (Å²) >= 11 is 3.34. The lowest BCUT2D eigenvalue weighted by molar-refractivity contribution is 0.223. The van der Waals surface area contributed by atoms with Crippen LogP contribution in [-0.2, 0) is 5.54 Å². The molecule has 0 bridgehead atoms. The Kier molecular flexibility index (Phi) is 7.78. The Balaban J connectivity index is 2.68. The molecule has 0 radical (unpaired) electrons. The summed E-state index contributed by atoms with van der Waals surface area (Å²) in [5.41, 5.74) is -0.0780. The largest absolute Gasteiger partial charge is 0.250 e. The average molecular weight is 347 g/mol. The number of aromatic nitrogens is 2. The van der Waals surface area contributed by atoms with Crippen LogP contribution in [-0.4, -0.2) is 9.78 Å². The van der Waals surface area contributed by atoms with Crippen molar-refractivity contribution in [3.8, 4) is 0 Å². The minimum atomic E-state index is -0.265. The maximum atomic E-state index is 13.6. The number of halogens is 2. The first-order valence-electron chi connectivity index (χ1n) is 7.94. The van der Waals surface area contributed by atoms with Gasteiger partial charge in [0.05, 0.1) is 11.7 Å². The molecule has 0 fully saturated rings. The van der Waals surface area contributed by atoms with Crippen LogP contribution >= 0.6 is 15.9 Å². The SMILES string of the molecule is CCCCCCCC(C)(CCCC)n1ncc(F)c1Br. The monoisotopic (exact) mass is 346 g/mol. The van der Waals surface area contributed by atoms with Crippen molar-refractivity contribution in [2.24, 2.45) is 0 Å². The van der Waals surface area contributed by atoms with Crippen molar-refractivity contribution >= 4 is 15.9 Å². The number of hydrogen-bond acceptors (Lipinski definition) is 1. The van der Waals surface area contributed by atoms with Crippen LogP contribution in [0.4, 0.5) is 4.39 Å². The molecular weight excluding hydrogens is 319 g/mol. The molecule has 4 heteroatoms. The van der Waals surface area contributed by atoms with E-state index in [0.717, 1.165) is 25.7 Å². The molecule has 1 rings (SSSR count). The fourth-order valence-electron chi connectivity index (χ4n) is 2.69. The van der Waals surface area contributed by atoms with Gasteiger partial charge in [-0.3, -0.25) is 0 Å². The minimum absolute atomic E-state index is 0.0780. The van der Waals surface area contributed by atoms with Crippen LogP contribution in [0.3, 0.4) is 0 Å². The fourth-order valence-corrected chi connectivity index (χ4v) is 3.32. The van der Waals surface area contributed by atoms with Crippen LogP contribution < -0.4 is 0 Å². The van der Waals surface area contributed by atoms with Gasteiger partial charge in [0.2, 0.25) is 0 Å². The molecule has 1 aromatic rings. The van der Waals surface area contributed by atoms with Crippen LogP contribution in [0.5, 0.6) is 0 Å². The number of nitrogens with zero attached hydrogens (tertiary/aromatic N) is 2. The van der Waals surface area contributed by atoms with E-state index in [1.54, 1.807) is 0 Å². The molecule has 0 aliphatic carbocycles. The molecule has 20 heavy (non-hydrogen) atoms. The van der Waals surface area contributed by atoms with E-state index < -0.39 is 0 Å². The van der Waals surface area contributed by atoms with E-state index in [-0.39, 0.29) is 11.4 Å². The molecule has 1 aromatic heterocycles. The van der Waals surface area contributed by atoms with E-state index in [9.17, 15) is 4.39 Å². The van der Waals surface area contributed by atoms with Crippen molar-refractivity contribution < 1.29 is 4.39 Å². The predicted octanol–water partition coefficient (Wildman–Crippen LogP) is 6.05. The molecule has 116 valence electrons. The summed E-state index contributed by atoms with van der Waals surface area (Å²) in [7, 11) is 0. The lowest BCUT2D eigenvalue weighted by atomic mass is 9.88. The third kappa shape index (κ3) is 4.87. The summed E-state index contributed by atoms with van der Waals surface area (Å²) in [6.07, 6.45) is 12.1. The lowest BCUT2D eigenvalue weighted by Gasteiger charge is -2.31. The summed E-state index contributed by atoms with van der Waals surface area (Å²) in [6.45, 7) is 6.63. The van der Waals surface area contributed by atoms with Gasteiger partial charge in [-0.1, -0.05) is 58.8 Å². The van der Waals surface area contributed by atoms with Gasteiger partial charge in [0.1, 0.15) is 4.60 Å². The second-order valence-corrected chi connectivity index (χ2v) is 6.71. The van der Waals surface area contributed by atoms with E-state index in [2.05, 4.69) is 41.8 Å². The topological polar surface area (TPSA) is 17.8 Å². The molecule has 0 aromatic carbocycles.